The Balaban J connectivity index is 1.15. The van der Waals surface area contributed by atoms with Crippen LogP contribution in [-0.4, -0.2) is 14.5 Å². The van der Waals surface area contributed by atoms with Crippen molar-refractivity contribution in [2.24, 2.45) is 0 Å². The molecule has 4 heterocycles. The second kappa shape index (κ2) is 11.4. The van der Waals surface area contributed by atoms with Crippen molar-refractivity contribution in [2.75, 3.05) is 0 Å². The first-order valence-corrected chi connectivity index (χ1v) is 19.2. The molecule has 0 bridgehead atoms. The molecule has 4 aromatic heterocycles. The van der Waals surface area contributed by atoms with Crippen molar-refractivity contribution in [3.05, 3.63) is 176 Å². The Morgan fingerprint density at radius 1 is 0.368 bits per heavy atom. The number of aromatic nitrogens is 3. The van der Waals surface area contributed by atoms with Crippen LogP contribution in [0.5, 0.6) is 0 Å². The molecule has 13 rings (SSSR count). The Morgan fingerprint density at radius 3 is 1.81 bits per heavy atom. The van der Waals surface area contributed by atoms with Crippen molar-refractivity contribution in [1.82, 2.24) is 14.5 Å². The molecule has 0 fully saturated rings. The summed E-state index contributed by atoms with van der Waals surface area (Å²) in [5.41, 5.74) is 11.6. The van der Waals surface area contributed by atoms with Crippen molar-refractivity contribution in [1.29, 1.82) is 0 Å². The van der Waals surface area contributed by atoms with E-state index in [1.807, 2.05) is 42.5 Å². The molecular formula is C52H29N3O2. The molecule has 0 aliphatic rings. The van der Waals surface area contributed by atoms with Gasteiger partial charge in [0.2, 0.25) is 0 Å². The molecular weight excluding hydrogens is 699 g/mol. The van der Waals surface area contributed by atoms with Gasteiger partial charge in [-0.2, -0.15) is 0 Å². The summed E-state index contributed by atoms with van der Waals surface area (Å²) in [6.45, 7) is 0. The van der Waals surface area contributed by atoms with E-state index in [0.29, 0.717) is 0 Å². The zero-order valence-electron chi connectivity index (χ0n) is 30.4. The lowest BCUT2D eigenvalue weighted by Crippen LogP contribution is -1.95. The third-order valence-electron chi connectivity index (χ3n) is 11.7. The summed E-state index contributed by atoms with van der Waals surface area (Å²) in [5, 5.41) is 11.0. The van der Waals surface area contributed by atoms with Crippen LogP contribution in [0.3, 0.4) is 0 Å². The first kappa shape index (κ1) is 30.6. The highest BCUT2D eigenvalue weighted by Gasteiger charge is 2.26. The number of para-hydroxylation sites is 5. The quantitative estimate of drug-likeness (QED) is 0.182. The summed E-state index contributed by atoms with van der Waals surface area (Å²) < 4.78 is 16.7. The third-order valence-corrected chi connectivity index (χ3v) is 11.7. The van der Waals surface area contributed by atoms with E-state index in [0.717, 1.165) is 105 Å². The number of fused-ring (bicyclic) bond motifs is 15. The molecule has 0 amide bonds. The lowest BCUT2D eigenvalue weighted by molar-refractivity contribution is 0.664. The Hall–Kier alpha value is -7.76. The minimum atomic E-state index is 0.752. The molecule has 0 atom stereocenters. The maximum atomic E-state index is 7.27. The smallest absolute Gasteiger partial charge is 0.159 e. The predicted molar refractivity (Wildman–Crippen MR) is 234 cm³/mol. The van der Waals surface area contributed by atoms with Gasteiger partial charge >= 0.3 is 0 Å². The topological polar surface area (TPSA) is 57.0 Å². The van der Waals surface area contributed by atoms with Crippen LogP contribution in [-0.2, 0) is 0 Å². The fourth-order valence-corrected chi connectivity index (χ4v) is 9.24. The van der Waals surface area contributed by atoms with Crippen molar-refractivity contribution in [2.45, 2.75) is 0 Å². The zero-order valence-corrected chi connectivity index (χ0v) is 30.4. The monoisotopic (exact) mass is 727 g/mol. The van der Waals surface area contributed by atoms with Crippen LogP contribution in [0.25, 0.3) is 126 Å². The summed E-state index contributed by atoms with van der Waals surface area (Å²) in [5.74, 6) is 0. The number of hydrogen-bond donors (Lipinski definition) is 0. The van der Waals surface area contributed by atoms with Crippen LogP contribution in [0.1, 0.15) is 0 Å². The Bertz CT molecular complexity index is 3820. The highest BCUT2D eigenvalue weighted by molar-refractivity contribution is 6.34. The second-order valence-electron chi connectivity index (χ2n) is 14.8. The van der Waals surface area contributed by atoms with Crippen LogP contribution in [0.4, 0.5) is 0 Å². The van der Waals surface area contributed by atoms with E-state index < -0.39 is 0 Å². The molecule has 5 nitrogen and oxygen atoms in total. The maximum Gasteiger partial charge on any atom is 0.159 e. The molecule has 0 saturated heterocycles. The molecule has 9 aromatic carbocycles. The van der Waals surface area contributed by atoms with Gasteiger partial charge in [-0.15, -0.1) is 0 Å². The summed E-state index contributed by atoms with van der Waals surface area (Å²) in [7, 11) is 0. The molecule has 0 N–H and O–H groups in total. The van der Waals surface area contributed by atoms with E-state index >= 15 is 0 Å². The number of furan rings is 2. The molecule has 0 aliphatic heterocycles. The standard InChI is InChI=1S/C52H29N3O2/c1-2-14-30(15-3-1)47-48(54-41-25-10-9-24-40(41)53-47)38-23-12-21-37-46-51(56-49(37)38)35-20-7-6-19-34(35)45-36-22-13-27-43(50(36)57-52(45)46)55-42-26-11-8-18-33(42)39-28-31-16-4-5-17-32(31)29-44(39)55/h1-29H. The van der Waals surface area contributed by atoms with Crippen molar-refractivity contribution in [3.8, 4) is 28.2 Å². The van der Waals surface area contributed by atoms with Gasteiger partial charge in [-0.1, -0.05) is 133 Å². The third kappa shape index (κ3) is 4.23. The van der Waals surface area contributed by atoms with Gasteiger partial charge in [-0.05, 0) is 58.6 Å². The highest BCUT2D eigenvalue weighted by atomic mass is 16.3. The average molecular weight is 728 g/mol. The molecule has 0 spiro atoms. The van der Waals surface area contributed by atoms with Crippen molar-refractivity contribution in [3.63, 3.8) is 0 Å². The summed E-state index contributed by atoms with van der Waals surface area (Å²) in [4.78, 5) is 10.4. The number of nitrogens with zero attached hydrogens (tertiary/aromatic N) is 3. The SMILES string of the molecule is c1ccc(-c2nc3ccccc3nc2-c2cccc3c2oc2c4ccccc4c4c5cccc(-n6c7ccccc7c7cc8ccccc8cc76)c5oc4c32)cc1. The van der Waals surface area contributed by atoms with E-state index in [-0.39, 0.29) is 0 Å². The van der Waals surface area contributed by atoms with Gasteiger partial charge in [0.25, 0.3) is 0 Å². The molecule has 57 heavy (non-hydrogen) atoms. The summed E-state index contributed by atoms with van der Waals surface area (Å²) >= 11 is 0. The van der Waals surface area contributed by atoms with Gasteiger partial charge < -0.3 is 13.4 Å². The molecule has 264 valence electrons. The van der Waals surface area contributed by atoms with Crippen LogP contribution in [0.15, 0.2) is 185 Å². The first-order valence-electron chi connectivity index (χ1n) is 19.2. The van der Waals surface area contributed by atoms with Gasteiger partial charge in [0.05, 0.1) is 38.8 Å². The molecule has 0 saturated carbocycles. The van der Waals surface area contributed by atoms with Gasteiger partial charge in [0.1, 0.15) is 22.4 Å². The molecule has 13 aromatic rings. The molecule has 0 unspecified atom stereocenters. The van der Waals surface area contributed by atoms with E-state index in [2.05, 4.69) is 138 Å². The minimum Gasteiger partial charge on any atom is -0.455 e. The normalized spacial score (nSPS) is 12.2. The van der Waals surface area contributed by atoms with Crippen molar-refractivity contribution >= 4 is 98.3 Å². The number of benzene rings is 9. The van der Waals surface area contributed by atoms with Gasteiger partial charge in [-0.25, -0.2) is 9.97 Å². The Morgan fingerprint density at radius 2 is 0.982 bits per heavy atom. The first-order chi connectivity index (χ1) is 28.3. The summed E-state index contributed by atoms with van der Waals surface area (Å²) in [6.07, 6.45) is 0. The lowest BCUT2D eigenvalue weighted by Gasteiger charge is -2.11. The van der Waals surface area contributed by atoms with Gasteiger partial charge in [-0.3, -0.25) is 0 Å². The summed E-state index contributed by atoms with van der Waals surface area (Å²) in [6, 6.07) is 61.6. The zero-order chi connectivity index (χ0) is 37.2. The van der Waals surface area contributed by atoms with E-state index in [9.17, 15) is 0 Å². The second-order valence-corrected chi connectivity index (χ2v) is 14.8. The van der Waals surface area contributed by atoms with Gasteiger partial charge in [0, 0.05) is 43.4 Å². The van der Waals surface area contributed by atoms with E-state index in [4.69, 9.17) is 18.8 Å². The van der Waals surface area contributed by atoms with Gasteiger partial charge in [0.15, 0.2) is 5.58 Å². The van der Waals surface area contributed by atoms with E-state index in [1.54, 1.807) is 0 Å². The Kier molecular flexibility index (Phi) is 6.10. The fourth-order valence-electron chi connectivity index (χ4n) is 9.24. The van der Waals surface area contributed by atoms with Crippen LogP contribution in [0, 0.1) is 0 Å². The predicted octanol–water partition coefficient (Wildman–Crippen LogP) is 14.2. The van der Waals surface area contributed by atoms with Crippen molar-refractivity contribution < 1.29 is 8.83 Å². The molecule has 0 aliphatic carbocycles. The fraction of sp³-hybridized carbons (Fsp3) is 0. The minimum absolute atomic E-state index is 0.752. The number of hydrogen-bond acceptors (Lipinski definition) is 4. The lowest BCUT2D eigenvalue weighted by atomic mass is 9.98. The van der Waals surface area contributed by atoms with Crippen LogP contribution < -0.4 is 0 Å². The van der Waals surface area contributed by atoms with Crippen LogP contribution in [0.2, 0.25) is 0 Å². The largest absolute Gasteiger partial charge is 0.455 e. The Labute approximate surface area is 324 Å². The molecule has 0 radical (unpaired) electrons. The average Bonchev–Trinajstić information content (AvgIpc) is 3.96. The highest BCUT2D eigenvalue weighted by Crippen LogP contribution is 2.48. The number of rotatable bonds is 3. The maximum absolute atomic E-state index is 7.27. The van der Waals surface area contributed by atoms with Crippen LogP contribution >= 0.6 is 0 Å². The molecule has 5 heteroatoms. The van der Waals surface area contributed by atoms with E-state index in [1.165, 1.54) is 21.5 Å².